The first-order valence-electron chi connectivity index (χ1n) is 20.5. The lowest BCUT2D eigenvalue weighted by Crippen LogP contribution is -2.39. The third-order valence-corrected chi connectivity index (χ3v) is 12.9. The fraction of sp³-hybridized carbons (Fsp3) is 0.265. The molecule has 10 rings (SSSR count). The number of likely N-dealkylation sites (tertiary alicyclic amines) is 2. The normalized spacial score (nSPS) is 19.9. The maximum absolute atomic E-state index is 14.4. The molecule has 4 bridgehead atoms. The van der Waals surface area contributed by atoms with E-state index in [1.807, 2.05) is 30.0 Å². The summed E-state index contributed by atoms with van der Waals surface area (Å²) in [4.78, 5) is 60.2. The molecule has 4 unspecified atom stereocenters. The van der Waals surface area contributed by atoms with Gasteiger partial charge in [0.25, 0.3) is 11.1 Å². The number of hydrogen-bond acceptors (Lipinski definition) is 4. The van der Waals surface area contributed by atoms with Gasteiger partial charge in [-0.15, -0.1) is 0 Å². The lowest BCUT2D eigenvalue weighted by atomic mass is 9.97. The molecule has 2 saturated heterocycles. The molecule has 320 valence electrons. The molecule has 4 atom stereocenters. The average molecular weight is 849 g/mol. The summed E-state index contributed by atoms with van der Waals surface area (Å²) in [5.41, 5.74) is 4.99. The smallest absolute Gasteiger partial charge is 0.252 e. The molecule has 0 radical (unpaired) electrons. The van der Waals surface area contributed by atoms with Crippen molar-refractivity contribution in [3.8, 4) is 0 Å². The molecule has 2 fully saturated rings. The fourth-order valence-electron chi connectivity index (χ4n) is 9.94. The highest BCUT2D eigenvalue weighted by Gasteiger charge is 2.43. The minimum Gasteiger partial charge on any atom is -0.335 e. The van der Waals surface area contributed by atoms with E-state index in [4.69, 9.17) is 0 Å². The summed E-state index contributed by atoms with van der Waals surface area (Å²) in [6, 6.07) is 19.0. The van der Waals surface area contributed by atoms with Crippen LogP contribution in [0.15, 0.2) is 94.5 Å². The number of hydrogen-bond donors (Lipinski definition) is 2. The number of halogens is 5. The molecule has 2 amide bonds. The molecule has 4 aliphatic rings. The van der Waals surface area contributed by atoms with Gasteiger partial charge in [0.2, 0.25) is 11.8 Å². The summed E-state index contributed by atoms with van der Waals surface area (Å²) in [5, 5.41) is -0.0111. The van der Waals surface area contributed by atoms with E-state index >= 15 is 0 Å². The largest absolute Gasteiger partial charge is 0.335 e. The van der Waals surface area contributed by atoms with Gasteiger partial charge in [-0.2, -0.15) is 0 Å². The van der Waals surface area contributed by atoms with Crippen LogP contribution in [0.4, 0.5) is 22.0 Å². The summed E-state index contributed by atoms with van der Waals surface area (Å²) in [6.07, 6.45) is 5.47. The van der Waals surface area contributed by atoms with Crippen molar-refractivity contribution in [3.05, 3.63) is 174 Å². The first-order chi connectivity index (χ1) is 29.7. The standard InChI is InChI=1S/C25H22F2N2O2.C24H19F3N2O2.2H2/c1-13-4-3-5-16(8-13)18-9-15-10-21(18)29(12-15)22(30)11-17-14(2)23-20(28-25(17)31)7-6-19(26)24(23)27;1-12-15(24(31)28-19-7-6-18(26)23(27)22(12)19)10-21(30)29-11-13-8-16(20(29)9-13)14-4-2-3-5-17(14)25;;/h3-9,15,21H,10-12H2,1-2H3,(H,28,31);2-8,13,20H,9-11H2,1H3,(H,28,31);2*1H. The molecule has 2 aliphatic heterocycles. The monoisotopic (exact) mass is 848 g/mol. The number of aryl methyl sites for hydroxylation is 3. The number of benzene rings is 4. The van der Waals surface area contributed by atoms with Crippen LogP contribution in [0.2, 0.25) is 0 Å². The van der Waals surface area contributed by atoms with Gasteiger partial charge >= 0.3 is 0 Å². The van der Waals surface area contributed by atoms with Gasteiger partial charge in [0.05, 0.1) is 36.0 Å². The van der Waals surface area contributed by atoms with Gasteiger partial charge in [-0.3, -0.25) is 19.2 Å². The molecule has 2 N–H and O–H groups in total. The van der Waals surface area contributed by atoms with Crippen molar-refractivity contribution in [2.45, 2.75) is 58.5 Å². The van der Waals surface area contributed by atoms with E-state index in [1.54, 1.807) is 30.0 Å². The third-order valence-electron chi connectivity index (χ3n) is 12.9. The van der Waals surface area contributed by atoms with Crippen molar-refractivity contribution in [3.63, 3.8) is 0 Å². The number of carbonyl (C=O) groups is 2. The van der Waals surface area contributed by atoms with E-state index in [2.05, 4.69) is 28.2 Å². The van der Waals surface area contributed by atoms with Gasteiger partial charge in [0.1, 0.15) is 5.82 Å². The van der Waals surface area contributed by atoms with Crippen molar-refractivity contribution in [1.29, 1.82) is 0 Å². The minimum atomic E-state index is -1.05. The van der Waals surface area contributed by atoms with Gasteiger partial charge < -0.3 is 19.8 Å². The lowest BCUT2D eigenvalue weighted by Gasteiger charge is -2.29. The van der Waals surface area contributed by atoms with Crippen LogP contribution < -0.4 is 11.1 Å². The molecule has 2 aromatic heterocycles. The Bertz CT molecular complexity index is 3080. The van der Waals surface area contributed by atoms with Crippen molar-refractivity contribution < 1.29 is 34.4 Å². The second-order valence-corrected chi connectivity index (χ2v) is 16.7. The Hall–Kier alpha value is -6.63. The molecule has 0 saturated carbocycles. The summed E-state index contributed by atoms with van der Waals surface area (Å²) in [6.45, 7) is 6.23. The Kier molecular flexibility index (Phi) is 10.3. The second kappa shape index (κ2) is 15.7. The molecule has 4 heterocycles. The molecule has 8 nitrogen and oxygen atoms in total. The maximum atomic E-state index is 14.4. The summed E-state index contributed by atoms with van der Waals surface area (Å²) >= 11 is 0. The quantitative estimate of drug-likeness (QED) is 0.164. The Morgan fingerprint density at radius 1 is 0.629 bits per heavy atom. The van der Waals surface area contributed by atoms with E-state index in [0.29, 0.717) is 36.6 Å². The van der Waals surface area contributed by atoms with Crippen molar-refractivity contribution >= 4 is 44.8 Å². The molecule has 0 spiro atoms. The number of fused-ring (bicyclic) bond motifs is 6. The average Bonchev–Trinajstić information content (AvgIpc) is 4.06. The highest BCUT2D eigenvalue weighted by atomic mass is 19.2. The number of rotatable bonds is 6. The number of pyridine rings is 2. The number of aromatic nitrogens is 2. The van der Waals surface area contributed by atoms with Crippen molar-refractivity contribution in [2.24, 2.45) is 11.8 Å². The third kappa shape index (κ3) is 7.02. The first kappa shape index (κ1) is 40.8. The van der Waals surface area contributed by atoms with Crippen LogP contribution in [-0.4, -0.2) is 56.8 Å². The highest BCUT2D eigenvalue weighted by molar-refractivity contribution is 5.90. The SMILES string of the molecule is Cc1c(CC(=O)N2CC3C=C(c4ccccc4F)C2C3)c(=O)[nH]c2ccc(F)c(F)c12.Cc1cccc(C2=CC3CC2N(C(=O)Cc2c(C)c4c(F)c(F)ccc4[nH]c2=O)C3)c1.[HH].[HH]. The zero-order valence-electron chi connectivity index (χ0n) is 34.1. The van der Waals surface area contributed by atoms with Gasteiger partial charge in [-0.1, -0.05) is 60.2 Å². The van der Waals surface area contributed by atoms with Crippen LogP contribution in [0.1, 0.15) is 54.6 Å². The van der Waals surface area contributed by atoms with Gasteiger partial charge in [0.15, 0.2) is 23.3 Å². The predicted molar refractivity (Wildman–Crippen MR) is 231 cm³/mol. The molecule has 4 aromatic carbocycles. The predicted octanol–water partition coefficient (Wildman–Crippen LogP) is 8.88. The van der Waals surface area contributed by atoms with Crippen molar-refractivity contribution in [1.82, 2.24) is 19.8 Å². The number of amides is 2. The zero-order valence-corrected chi connectivity index (χ0v) is 34.1. The number of aromatic amines is 2. The Morgan fingerprint density at radius 3 is 1.63 bits per heavy atom. The maximum Gasteiger partial charge on any atom is 0.252 e. The van der Waals surface area contributed by atoms with E-state index in [-0.39, 0.29) is 89.8 Å². The van der Waals surface area contributed by atoms with E-state index in [0.717, 1.165) is 40.8 Å². The topological polar surface area (TPSA) is 106 Å². The number of carbonyl (C=O) groups excluding carboxylic acids is 2. The van der Waals surface area contributed by atoms with Crippen LogP contribution in [0.5, 0.6) is 0 Å². The van der Waals surface area contributed by atoms with Gasteiger partial charge in [-0.05, 0) is 104 Å². The molecular formula is C49H45F5N4O4. The molecular weight excluding hydrogens is 804 g/mol. The van der Waals surface area contributed by atoms with Crippen LogP contribution in [0.25, 0.3) is 33.0 Å². The Labute approximate surface area is 355 Å². The summed E-state index contributed by atoms with van der Waals surface area (Å²) in [7, 11) is 0. The van der Waals surface area contributed by atoms with Crippen LogP contribution in [0, 0.1) is 61.7 Å². The van der Waals surface area contributed by atoms with Crippen LogP contribution >= 0.6 is 0 Å². The molecule has 6 aromatic rings. The van der Waals surface area contributed by atoms with Gasteiger partial charge in [0, 0.05) is 43.4 Å². The first-order valence-corrected chi connectivity index (χ1v) is 20.5. The molecule has 13 heteroatoms. The summed E-state index contributed by atoms with van der Waals surface area (Å²) < 4.78 is 70.6. The Balaban J connectivity index is 0.000000186. The van der Waals surface area contributed by atoms with E-state index in [9.17, 15) is 41.1 Å². The number of nitrogens with zero attached hydrogens (tertiary/aromatic N) is 2. The van der Waals surface area contributed by atoms with E-state index < -0.39 is 34.4 Å². The fourth-order valence-corrected chi connectivity index (χ4v) is 9.94. The lowest BCUT2D eigenvalue weighted by molar-refractivity contribution is -0.131. The molecule has 2 aliphatic carbocycles. The second-order valence-electron chi connectivity index (χ2n) is 16.7. The number of nitrogens with one attached hydrogen (secondary N) is 2. The van der Waals surface area contributed by atoms with Crippen LogP contribution in [0.3, 0.4) is 0 Å². The minimum absolute atomic E-state index is 0. The number of H-pyrrole nitrogens is 2. The van der Waals surface area contributed by atoms with Crippen molar-refractivity contribution in [2.75, 3.05) is 13.1 Å². The van der Waals surface area contributed by atoms with E-state index in [1.165, 1.54) is 25.1 Å². The van der Waals surface area contributed by atoms with Crippen LogP contribution in [-0.2, 0) is 22.4 Å². The zero-order chi connectivity index (χ0) is 43.7. The molecule has 62 heavy (non-hydrogen) atoms. The Morgan fingerprint density at radius 2 is 1.13 bits per heavy atom. The summed E-state index contributed by atoms with van der Waals surface area (Å²) in [5.74, 6) is -4.43. The van der Waals surface area contributed by atoms with Gasteiger partial charge in [-0.25, -0.2) is 22.0 Å². The highest BCUT2D eigenvalue weighted by Crippen LogP contribution is 2.44.